The average Bonchev–Trinajstić information content (AvgIpc) is 2.69. The number of benzene rings is 1. The first-order valence-electron chi connectivity index (χ1n) is 8.70. The third-order valence-corrected chi connectivity index (χ3v) is 4.81. The minimum atomic E-state index is -0.239. The van der Waals surface area contributed by atoms with Gasteiger partial charge in [0.25, 0.3) is 5.56 Å². The van der Waals surface area contributed by atoms with Crippen LogP contribution in [0.5, 0.6) is 0 Å². The third kappa shape index (κ3) is 3.48. The molecule has 1 aromatic carbocycles. The number of anilines is 2. The lowest BCUT2D eigenvalue weighted by Gasteiger charge is -2.14. The molecular formula is C20H21ClN6O. The van der Waals surface area contributed by atoms with E-state index in [-0.39, 0.29) is 11.4 Å². The summed E-state index contributed by atoms with van der Waals surface area (Å²) in [5.74, 6) is 1.06. The highest BCUT2D eigenvalue weighted by atomic mass is 35.5. The molecular weight excluding hydrogens is 376 g/mol. The zero-order valence-electron chi connectivity index (χ0n) is 15.9. The summed E-state index contributed by atoms with van der Waals surface area (Å²) in [6.07, 6.45) is 2.64. The number of hydrogen-bond acceptors (Lipinski definition) is 6. The van der Waals surface area contributed by atoms with E-state index in [1.54, 1.807) is 18.2 Å². The molecule has 0 aliphatic rings. The van der Waals surface area contributed by atoms with Crippen LogP contribution in [0.15, 0.2) is 41.5 Å². The molecule has 7 nitrogen and oxygen atoms in total. The monoisotopic (exact) mass is 396 g/mol. The Kier molecular flexibility index (Phi) is 5.46. The molecule has 0 saturated heterocycles. The summed E-state index contributed by atoms with van der Waals surface area (Å²) in [5, 5.41) is 7.99. The maximum absolute atomic E-state index is 12.8. The summed E-state index contributed by atoms with van der Waals surface area (Å²) in [5.41, 5.74) is 8.77. The Hall–Kier alpha value is -3.19. The summed E-state index contributed by atoms with van der Waals surface area (Å²) in [7, 11) is 3.81. The van der Waals surface area contributed by atoms with E-state index in [4.69, 9.17) is 22.7 Å². The van der Waals surface area contributed by atoms with Gasteiger partial charge in [-0.1, -0.05) is 23.7 Å². The largest absolute Gasteiger partial charge is 0.384 e. The van der Waals surface area contributed by atoms with E-state index in [9.17, 15) is 4.79 Å². The smallest absolute Gasteiger partial charge is 0.260 e. The fourth-order valence-electron chi connectivity index (χ4n) is 2.97. The first kappa shape index (κ1) is 19.6. The summed E-state index contributed by atoms with van der Waals surface area (Å²) < 4.78 is 1.44. The lowest BCUT2D eigenvalue weighted by Crippen LogP contribution is -2.25. The van der Waals surface area contributed by atoms with Gasteiger partial charge in [0.05, 0.1) is 5.69 Å². The van der Waals surface area contributed by atoms with Crippen molar-refractivity contribution >= 4 is 29.5 Å². The predicted molar refractivity (Wildman–Crippen MR) is 114 cm³/mol. The van der Waals surface area contributed by atoms with Crippen LogP contribution in [0.2, 0.25) is 5.02 Å². The van der Waals surface area contributed by atoms with Crippen molar-refractivity contribution in [1.29, 1.82) is 5.41 Å². The van der Waals surface area contributed by atoms with Crippen LogP contribution in [-0.2, 0) is 6.54 Å². The zero-order chi connectivity index (χ0) is 20.4. The zero-order valence-corrected chi connectivity index (χ0v) is 16.7. The Bertz CT molecular complexity index is 1110. The summed E-state index contributed by atoms with van der Waals surface area (Å²) in [4.78, 5) is 23.3. The Balaban J connectivity index is 2.13. The van der Waals surface area contributed by atoms with Gasteiger partial charge in [0, 0.05) is 60.2 Å². The van der Waals surface area contributed by atoms with E-state index in [2.05, 4.69) is 9.97 Å². The summed E-state index contributed by atoms with van der Waals surface area (Å²) in [6.45, 7) is 2.24. The molecule has 2 heterocycles. The van der Waals surface area contributed by atoms with Crippen LogP contribution in [0.4, 0.5) is 11.6 Å². The second-order valence-electron chi connectivity index (χ2n) is 6.44. The maximum atomic E-state index is 12.8. The van der Waals surface area contributed by atoms with Crippen molar-refractivity contribution in [2.45, 2.75) is 13.5 Å². The molecule has 8 heteroatoms. The highest BCUT2D eigenvalue weighted by molar-refractivity contribution is 6.33. The van der Waals surface area contributed by atoms with Gasteiger partial charge >= 0.3 is 0 Å². The lowest BCUT2D eigenvalue weighted by atomic mass is 10.0. The minimum absolute atomic E-state index is 0.239. The van der Waals surface area contributed by atoms with Gasteiger partial charge in [-0.05, 0) is 19.1 Å². The van der Waals surface area contributed by atoms with E-state index >= 15 is 0 Å². The average molecular weight is 397 g/mol. The van der Waals surface area contributed by atoms with Crippen LogP contribution in [0, 0.1) is 5.41 Å². The molecule has 28 heavy (non-hydrogen) atoms. The number of halogens is 1. The minimum Gasteiger partial charge on any atom is -0.384 e. The first-order chi connectivity index (χ1) is 13.4. The van der Waals surface area contributed by atoms with E-state index in [0.717, 1.165) is 23.3 Å². The number of rotatable bonds is 5. The van der Waals surface area contributed by atoms with Crippen molar-refractivity contribution in [3.05, 3.63) is 57.6 Å². The van der Waals surface area contributed by atoms with Gasteiger partial charge in [0.1, 0.15) is 18.0 Å². The molecule has 3 N–H and O–H groups in total. The lowest BCUT2D eigenvalue weighted by molar-refractivity contribution is 0.740. The number of hydrogen-bond donors (Lipinski definition) is 2. The van der Waals surface area contributed by atoms with Crippen LogP contribution in [0.1, 0.15) is 12.5 Å². The first-order valence-corrected chi connectivity index (χ1v) is 9.08. The van der Waals surface area contributed by atoms with Crippen molar-refractivity contribution in [2.75, 3.05) is 24.7 Å². The number of aromatic nitrogens is 3. The normalized spacial score (nSPS) is 10.7. The number of pyridine rings is 1. The molecule has 0 fully saturated rings. The highest BCUT2D eigenvalue weighted by Gasteiger charge is 2.15. The van der Waals surface area contributed by atoms with Crippen molar-refractivity contribution in [2.24, 2.45) is 0 Å². The molecule has 0 aliphatic heterocycles. The number of nitrogen functional groups attached to an aromatic ring is 1. The van der Waals surface area contributed by atoms with Crippen molar-refractivity contribution in [3.63, 3.8) is 0 Å². The van der Waals surface area contributed by atoms with Crippen LogP contribution in [0.3, 0.4) is 0 Å². The molecule has 0 amide bonds. The SMILES string of the molecule is CCn1c(N)c(C=N)cc(-c2ccc(-c3cc(N(C)C)ncn3)cc2Cl)c1=O. The summed E-state index contributed by atoms with van der Waals surface area (Å²) in [6, 6.07) is 8.89. The molecule has 0 aliphatic carbocycles. The Labute approximate surface area is 167 Å². The van der Waals surface area contributed by atoms with Gasteiger partial charge in [-0.2, -0.15) is 0 Å². The Morgan fingerprint density at radius 2 is 1.96 bits per heavy atom. The van der Waals surface area contributed by atoms with E-state index in [0.29, 0.717) is 28.3 Å². The van der Waals surface area contributed by atoms with Crippen LogP contribution < -0.4 is 16.2 Å². The molecule has 144 valence electrons. The number of nitrogens with zero attached hydrogens (tertiary/aromatic N) is 4. The number of nitrogens with one attached hydrogen (secondary N) is 1. The second kappa shape index (κ2) is 7.82. The standard InChI is InChI=1S/C20H21ClN6O/c1-4-27-19(23)13(10-22)7-15(20(27)28)14-6-5-12(8-16(14)21)17-9-18(26(2)3)25-11-24-17/h5-11,22H,4,23H2,1-3H3. The van der Waals surface area contributed by atoms with Crippen LogP contribution in [-0.4, -0.2) is 34.8 Å². The molecule has 0 bridgehead atoms. The molecule has 0 atom stereocenters. The van der Waals surface area contributed by atoms with Crippen LogP contribution >= 0.6 is 11.6 Å². The fourth-order valence-corrected chi connectivity index (χ4v) is 3.25. The highest BCUT2D eigenvalue weighted by Crippen LogP contribution is 2.31. The molecule has 0 saturated carbocycles. The molecule has 0 radical (unpaired) electrons. The van der Waals surface area contributed by atoms with Crippen molar-refractivity contribution in [3.8, 4) is 22.4 Å². The Morgan fingerprint density at radius 3 is 2.57 bits per heavy atom. The van der Waals surface area contributed by atoms with Gasteiger partial charge < -0.3 is 16.0 Å². The van der Waals surface area contributed by atoms with Gasteiger partial charge in [-0.3, -0.25) is 9.36 Å². The van der Waals surface area contributed by atoms with Crippen LogP contribution in [0.25, 0.3) is 22.4 Å². The van der Waals surface area contributed by atoms with Gasteiger partial charge in [0.2, 0.25) is 0 Å². The van der Waals surface area contributed by atoms with E-state index in [1.807, 2.05) is 38.1 Å². The van der Waals surface area contributed by atoms with Gasteiger partial charge in [0.15, 0.2) is 0 Å². The van der Waals surface area contributed by atoms with E-state index in [1.165, 1.54) is 10.9 Å². The molecule has 2 aromatic heterocycles. The molecule has 3 rings (SSSR count). The predicted octanol–water partition coefficient (Wildman–Crippen LogP) is 3.29. The topological polar surface area (TPSA) is 101 Å². The van der Waals surface area contributed by atoms with Gasteiger partial charge in [-0.15, -0.1) is 0 Å². The third-order valence-electron chi connectivity index (χ3n) is 4.50. The van der Waals surface area contributed by atoms with E-state index < -0.39 is 0 Å². The van der Waals surface area contributed by atoms with Crippen molar-refractivity contribution in [1.82, 2.24) is 14.5 Å². The molecule has 0 unspecified atom stereocenters. The maximum Gasteiger partial charge on any atom is 0.260 e. The second-order valence-corrected chi connectivity index (χ2v) is 6.85. The number of nitrogens with two attached hydrogens (primary N) is 1. The molecule has 3 aromatic rings. The summed E-state index contributed by atoms with van der Waals surface area (Å²) >= 11 is 6.53. The quantitative estimate of drug-likeness (QED) is 0.644. The fraction of sp³-hybridized carbons (Fsp3) is 0.200. The van der Waals surface area contributed by atoms with Gasteiger partial charge in [-0.25, -0.2) is 9.97 Å². The van der Waals surface area contributed by atoms with Crippen molar-refractivity contribution < 1.29 is 0 Å². The Morgan fingerprint density at radius 1 is 1.21 bits per heavy atom. The molecule has 0 spiro atoms.